The summed E-state index contributed by atoms with van der Waals surface area (Å²) >= 11 is 0. The van der Waals surface area contributed by atoms with Crippen molar-refractivity contribution in [2.75, 3.05) is 39.6 Å². The number of aliphatic hydroxyl groups is 2. The summed E-state index contributed by atoms with van der Waals surface area (Å²) in [5, 5.41) is 20.7. The lowest BCUT2D eigenvalue weighted by Crippen LogP contribution is -2.30. The number of hydrogen-bond acceptors (Lipinski definition) is 14. The summed E-state index contributed by atoms with van der Waals surface area (Å²) in [6.45, 7) is 2.27. The lowest BCUT2D eigenvalue weighted by molar-refractivity contribution is -0.161. The molecule has 0 amide bonds. The van der Waals surface area contributed by atoms with Crippen LogP contribution in [0.25, 0.3) is 0 Å². The van der Waals surface area contributed by atoms with Crippen LogP contribution in [0.15, 0.2) is 194 Å². The molecular weight excluding hydrogens is 1390 g/mol. The van der Waals surface area contributed by atoms with Gasteiger partial charge in [-0.1, -0.05) is 305 Å². The third-order valence-electron chi connectivity index (χ3n) is 16.3. The molecule has 5 atom stereocenters. The smallest absolute Gasteiger partial charge is 0.463 e. The van der Waals surface area contributed by atoms with Gasteiger partial charge < -0.3 is 34.2 Å². The zero-order valence-electron chi connectivity index (χ0n) is 66.2. The van der Waals surface area contributed by atoms with Gasteiger partial charge in [0.25, 0.3) is 0 Å². The Balaban J connectivity index is 4.67. The van der Waals surface area contributed by atoms with Crippen LogP contribution < -0.4 is 0 Å². The van der Waals surface area contributed by atoms with Crippen molar-refractivity contribution in [3.63, 3.8) is 0 Å². The highest BCUT2D eigenvalue weighted by Gasteiger charge is 2.29. The van der Waals surface area contributed by atoms with Gasteiger partial charge in [-0.25, -0.2) is 9.13 Å². The molecule has 0 spiro atoms. The minimum Gasteiger partial charge on any atom is -0.463 e. The second-order valence-corrected chi connectivity index (χ2v) is 29.3. The number of carbonyl (C=O) groups excluding carboxylic acids is 3. The summed E-state index contributed by atoms with van der Waals surface area (Å²) < 4.78 is 61.2. The number of unbranched alkanes of at least 4 members (excludes halogenated alkanes) is 20. The molecule has 0 aromatic carbocycles. The van der Waals surface area contributed by atoms with Gasteiger partial charge in [-0.05, 0) is 161 Å². The lowest BCUT2D eigenvalue weighted by Gasteiger charge is -2.21. The number of allylic oxidation sites excluding steroid dienone is 32. The summed E-state index contributed by atoms with van der Waals surface area (Å²) in [5.41, 5.74) is 0. The van der Waals surface area contributed by atoms with E-state index in [2.05, 4.69) is 215 Å². The fraction of sp³-hybridized carbons (Fsp3) is 0.607. The van der Waals surface area contributed by atoms with Gasteiger partial charge in [0.05, 0.1) is 26.4 Å². The van der Waals surface area contributed by atoms with Crippen LogP contribution in [0.2, 0.25) is 0 Å². The van der Waals surface area contributed by atoms with E-state index in [1.807, 2.05) is 0 Å². The zero-order chi connectivity index (χ0) is 78.0. The van der Waals surface area contributed by atoms with Gasteiger partial charge in [-0.15, -0.1) is 0 Å². The summed E-state index contributed by atoms with van der Waals surface area (Å²) in [7, 11) is -9.82. The summed E-state index contributed by atoms with van der Waals surface area (Å²) in [5.74, 6) is -1.63. The maximum atomic E-state index is 13.0. The molecule has 107 heavy (non-hydrogen) atoms. The van der Waals surface area contributed by atoms with E-state index in [-0.39, 0.29) is 19.3 Å². The molecule has 4 N–H and O–H groups in total. The average molecular weight is 1530 g/mol. The molecule has 16 nitrogen and oxygen atoms in total. The van der Waals surface area contributed by atoms with Gasteiger partial charge in [0.15, 0.2) is 6.10 Å². The second-order valence-electron chi connectivity index (χ2n) is 26.4. The fourth-order valence-electron chi connectivity index (χ4n) is 10.2. The Morgan fingerprint density at radius 1 is 0.262 bits per heavy atom. The Kier molecular flexibility index (Phi) is 75.7. The van der Waals surface area contributed by atoms with E-state index in [9.17, 15) is 43.5 Å². The highest BCUT2D eigenvalue weighted by molar-refractivity contribution is 7.47. The van der Waals surface area contributed by atoms with Crippen LogP contribution in [-0.4, -0.2) is 95.9 Å². The Morgan fingerprint density at radius 2 is 0.467 bits per heavy atom. The molecule has 0 heterocycles. The second kappa shape index (κ2) is 79.9. The molecule has 0 saturated carbocycles. The average Bonchev–Trinajstić information content (AvgIpc) is 0.908. The van der Waals surface area contributed by atoms with Gasteiger partial charge in [-0.3, -0.25) is 32.5 Å². The van der Waals surface area contributed by atoms with Crippen molar-refractivity contribution >= 4 is 33.6 Å². The van der Waals surface area contributed by atoms with E-state index in [0.717, 1.165) is 205 Å². The Morgan fingerprint density at radius 3 is 0.738 bits per heavy atom. The molecule has 18 heteroatoms. The zero-order valence-corrected chi connectivity index (χ0v) is 68.0. The van der Waals surface area contributed by atoms with Gasteiger partial charge in [0, 0.05) is 19.3 Å². The molecule has 0 saturated heterocycles. The number of ether oxygens (including phenoxy) is 3. The molecule has 0 aliphatic carbocycles. The van der Waals surface area contributed by atoms with Crippen molar-refractivity contribution in [2.24, 2.45) is 0 Å². The molecule has 0 aromatic rings. The quantitative estimate of drug-likeness (QED) is 0.0146. The monoisotopic (exact) mass is 1530 g/mol. The van der Waals surface area contributed by atoms with E-state index >= 15 is 0 Å². The lowest BCUT2D eigenvalue weighted by atomic mass is 10.1. The summed E-state index contributed by atoms with van der Waals surface area (Å²) in [6, 6.07) is 0. The molecule has 0 radical (unpaired) electrons. The molecule has 5 unspecified atom stereocenters. The summed E-state index contributed by atoms with van der Waals surface area (Å²) in [4.78, 5) is 58.8. The SMILES string of the molecule is CC/C=C\C/C=C\C/C=C\C/C=C\C/C=C\C/C=C\CCCCCCCCCCC(=O)OCC(O)COP(=O)(O)OCC(O)COP(=O)(O)OCC(COC(=O)CCCCCCCCCC/C=C\C/C=C\C/C=C\C/C=C\C/C=C\C/C=C\CC)OC(=O)CCCCCC/C=C\C/C=C\C/C=C\C/C=C\CC. The van der Waals surface area contributed by atoms with Crippen LogP contribution in [0.3, 0.4) is 0 Å². The first kappa shape index (κ1) is 101. The van der Waals surface area contributed by atoms with Crippen LogP contribution in [0.1, 0.15) is 290 Å². The normalized spacial score (nSPS) is 14.9. The topological polar surface area (TPSA) is 231 Å². The highest BCUT2D eigenvalue weighted by Crippen LogP contribution is 2.45. The van der Waals surface area contributed by atoms with Crippen LogP contribution in [0.4, 0.5) is 0 Å². The first-order chi connectivity index (χ1) is 52.2. The first-order valence-corrected chi connectivity index (χ1v) is 43.7. The van der Waals surface area contributed by atoms with Gasteiger partial charge in [0.1, 0.15) is 25.4 Å². The Bertz CT molecular complexity index is 2720. The van der Waals surface area contributed by atoms with Crippen molar-refractivity contribution < 1.29 is 75.8 Å². The predicted molar refractivity (Wildman–Crippen MR) is 444 cm³/mol. The molecule has 0 aromatic heterocycles. The van der Waals surface area contributed by atoms with Crippen molar-refractivity contribution in [2.45, 2.75) is 309 Å². The minimum absolute atomic E-state index is 0.0670. The number of esters is 3. The van der Waals surface area contributed by atoms with Crippen molar-refractivity contribution in [1.82, 2.24) is 0 Å². The molecule has 0 aliphatic rings. The van der Waals surface area contributed by atoms with Gasteiger partial charge >= 0.3 is 33.6 Å². The number of aliphatic hydroxyl groups excluding tert-OH is 2. The van der Waals surface area contributed by atoms with Crippen LogP contribution in [0.5, 0.6) is 0 Å². The number of carbonyl (C=O) groups is 3. The number of phosphoric acid groups is 2. The predicted octanol–water partition coefficient (Wildman–Crippen LogP) is 24.3. The third-order valence-corrected chi connectivity index (χ3v) is 18.2. The third kappa shape index (κ3) is 81.2. The van der Waals surface area contributed by atoms with Crippen molar-refractivity contribution in [3.8, 4) is 0 Å². The Hall–Kier alpha value is -5.61. The van der Waals surface area contributed by atoms with Crippen LogP contribution in [0, 0.1) is 0 Å². The largest absolute Gasteiger partial charge is 0.472 e. The summed E-state index contributed by atoms with van der Waals surface area (Å²) in [6.07, 6.45) is 105. The minimum atomic E-state index is -4.95. The standard InChI is InChI=1S/C89H144O16P2/c1-4-7-10-13-16-19-22-25-28-31-33-35-37-39-41-43-45-47-49-52-54-57-60-63-66-69-72-75-87(92)99-78-84(90)79-101-106(95,96)102-80-85(91)81-103-107(97,98)104-83-86(105-89(94)77-74-71-68-65-62-59-56-51-30-27-24-21-18-15-12-9-6-3)82-100-88(93)76-73-70-67-64-61-58-55-53-50-48-46-44-42-40-38-36-34-32-29-26-23-20-17-14-11-8-5-2/h7-12,16-21,25-30,33-36,39-42,45-48,56,59,84-86,90-91H,4-6,13-15,22-24,31-32,37-38,43-44,49-55,57-58,60-83H2,1-3H3,(H,95,96)(H,97,98)/b10-7-,11-8-,12-9-,19-16-,20-17-,21-18-,28-25-,29-26-,30-27-,35-33-,36-34-,41-39-,42-40-,47-45-,48-46-,59-56-. The Labute approximate surface area is 648 Å². The molecule has 0 aliphatic heterocycles. The molecule has 606 valence electrons. The van der Waals surface area contributed by atoms with Gasteiger partial charge in [-0.2, -0.15) is 0 Å². The molecule has 0 fully saturated rings. The van der Waals surface area contributed by atoms with Crippen molar-refractivity contribution in [3.05, 3.63) is 194 Å². The van der Waals surface area contributed by atoms with E-state index in [1.165, 1.54) is 25.7 Å². The molecule has 0 bridgehead atoms. The van der Waals surface area contributed by atoms with Crippen LogP contribution in [-0.2, 0) is 55.8 Å². The van der Waals surface area contributed by atoms with Crippen molar-refractivity contribution in [1.29, 1.82) is 0 Å². The number of phosphoric ester groups is 2. The fourth-order valence-corrected chi connectivity index (χ4v) is 11.8. The molecule has 0 rings (SSSR count). The molecular formula is C89H144O16P2. The number of rotatable bonds is 75. The van der Waals surface area contributed by atoms with E-state index < -0.39 is 91.5 Å². The maximum Gasteiger partial charge on any atom is 0.472 e. The highest BCUT2D eigenvalue weighted by atomic mass is 31.2. The van der Waals surface area contributed by atoms with Crippen LogP contribution >= 0.6 is 15.6 Å². The first-order valence-electron chi connectivity index (χ1n) is 40.7. The maximum absolute atomic E-state index is 13.0. The van der Waals surface area contributed by atoms with E-state index in [0.29, 0.717) is 19.3 Å². The number of hydrogen-bond donors (Lipinski definition) is 4. The van der Waals surface area contributed by atoms with E-state index in [4.69, 9.17) is 32.3 Å². The van der Waals surface area contributed by atoms with E-state index in [1.54, 1.807) is 0 Å². The van der Waals surface area contributed by atoms with Gasteiger partial charge in [0.2, 0.25) is 0 Å².